The summed E-state index contributed by atoms with van der Waals surface area (Å²) >= 11 is 5.78. The van der Waals surface area contributed by atoms with Gasteiger partial charge in [0.25, 0.3) is 0 Å². The summed E-state index contributed by atoms with van der Waals surface area (Å²) < 4.78 is 0. The highest BCUT2D eigenvalue weighted by Gasteiger charge is 2.28. The summed E-state index contributed by atoms with van der Waals surface area (Å²) in [6.45, 7) is 0.863. The summed E-state index contributed by atoms with van der Waals surface area (Å²) in [5.41, 5.74) is 1.32. The smallest absolute Gasteiger partial charge is 0.185 e. The summed E-state index contributed by atoms with van der Waals surface area (Å²) in [4.78, 5) is 14.2. The fourth-order valence-corrected chi connectivity index (χ4v) is 2.20. The van der Waals surface area contributed by atoms with Crippen molar-refractivity contribution >= 4 is 17.4 Å². The van der Waals surface area contributed by atoms with E-state index in [1.165, 1.54) is 0 Å². The predicted octanol–water partition coefficient (Wildman–Crippen LogP) is 2.88. The summed E-state index contributed by atoms with van der Waals surface area (Å²) in [6.07, 6.45) is 2.85. The standard InChI is InChI=1S/C14H13ClN2O/c1-17-8-2-3-13(17)12(9-16)14(18)10-4-6-11(15)7-5-10/h3-7,12H,2,8H2,1H3. The Kier molecular flexibility index (Phi) is 3.69. The molecule has 0 aromatic heterocycles. The molecule has 92 valence electrons. The molecule has 0 fully saturated rings. The van der Waals surface area contributed by atoms with Crippen LogP contribution in [0.3, 0.4) is 0 Å². The molecule has 0 saturated carbocycles. The molecule has 1 aliphatic heterocycles. The van der Waals surface area contributed by atoms with Gasteiger partial charge < -0.3 is 4.90 Å². The van der Waals surface area contributed by atoms with Crippen molar-refractivity contribution in [3.8, 4) is 6.07 Å². The van der Waals surface area contributed by atoms with Gasteiger partial charge >= 0.3 is 0 Å². The van der Waals surface area contributed by atoms with E-state index >= 15 is 0 Å². The number of hydrogen-bond donors (Lipinski definition) is 0. The van der Waals surface area contributed by atoms with Crippen molar-refractivity contribution in [2.24, 2.45) is 5.92 Å². The maximum Gasteiger partial charge on any atom is 0.185 e. The van der Waals surface area contributed by atoms with Gasteiger partial charge in [-0.15, -0.1) is 0 Å². The third-order valence-electron chi connectivity index (χ3n) is 3.07. The van der Waals surface area contributed by atoms with E-state index in [9.17, 15) is 10.1 Å². The van der Waals surface area contributed by atoms with E-state index in [-0.39, 0.29) is 5.78 Å². The van der Waals surface area contributed by atoms with Crippen LogP contribution in [0.2, 0.25) is 5.02 Å². The molecular weight excluding hydrogens is 248 g/mol. The highest BCUT2D eigenvalue weighted by Crippen LogP contribution is 2.24. The zero-order chi connectivity index (χ0) is 13.1. The first kappa shape index (κ1) is 12.7. The number of rotatable bonds is 3. The maximum absolute atomic E-state index is 12.3. The maximum atomic E-state index is 12.3. The van der Waals surface area contributed by atoms with Gasteiger partial charge in [-0.25, -0.2) is 0 Å². The van der Waals surface area contributed by atoms with E-state index in [1.807, 2.05) is 18.0 Å². The number of hydrogen-bond acceptors (Lipinski definition) is 3. The molecule has 1 aromatic carbocycles. The second-order valence-corrected chi connectivity index (χ2v) is 4.71. The van der Waals surface area contributed by atoms with E-state index in [0.717, 1.165) is 18.7 Å². The molecule has 0 amide bonds. The Labute approximate surface area is 111 Å². The monoisotopic (exact) mass is 260 g/mol. The van der Waals surface area contributed by atoms with Crippen LogP contribution in [-0.2, 0) is 0 Å². The molecule has 0 radical (unpaired) electrons. The van der Waals surface area contributed by atoms with Crippen LogP contribution < -0.4 is 0 Å². The highest BCUT2D eigenvalue weighted by molar-refractivity contribution is 6.30. The van der Waals surface area contributed by atoms with E-state index in [0.29, 0.717) is 10.6 Å². The normalized spacial score (nSPS) is 16.1. The van der Waals surface area contributed by atoms with Crippen molar-refractivity contribution in [2.45, 2.75) is 6.42 Å². The van der Waals surface area contributed by atoms with Crippen molar-refractivity contribution in [3.63, 3.8) is 0 Å². The number of carbonyl (C=O) groups excluding carboxylic acids is 1. The van der Waals surface area contributed by atoms with Crippen LogP contribution in [0.4, 0.5) is 0 Å². The quantitative estimate of drug-likeness (QED) is 0.785. The summed E-state index contributed by atoms with van der Waals surface area (Å²) in [7, 11) is 1.90. The molecule has 2 rings (SSSR count). The summed E-state index contributed by atoms with van der Waals surface area (Å²) in [5.74, 6) is -0.896. The van der Waals surface area contributed by atoms with E-state index < -0.39 is 5.92 Å². The molecular formula is C14H13ClN2O. The molecule has 1 aliphatic rings. The Hall–Kier alpha value is -1.79. The second kappa shape index (κ2) is 5.24. The molecule has 0 bridgehead atoms. The van der Waals surface area contributed by atoms with E-state index in [4.69, 9.17) is 11.6 Å². The van der Waals surface area contributed by atoms with Gasteiger partial charge in [0.05, 0.1) is 6.07 Å². The van der Waals surface area contributed by atoms with Crippen LogP contribution in [-0.4, -0.2) is 24.3 Å². The molecule has 0 saturated heterocycles. The third kappa shape index (κ3) is 2.39. The number of nitrogens with zero attached hydrogens (tertiary/aromatic N) is 2. The average Bonchev–Trinajstić information content (AvgIpc) is 2.78. The van der Waals surface area contributed by atoms with Crippen molar-refractivity contribution in [3.05, 3.63) is 46.6 Å². The van der Waals surface area contributed by atoms with Crippen molar-refractivity contribution in [1.29, 1.82) is 5.26 Å². The van der Waals surface area contributed by atoms with Crippen molar-refractivity contribution in [1.82, 2.24) is 4.90 Å². The molecule has 1 heterocycles. The molecule has 1 atom stereocenters. The predicted molar refractivity (Wildman–Crippen MR) is 70.2 cm³/mol. The lowest BCUT2D eigenvalue weighted by atomic mass is 9.95. The third-order valence-corrected chi connectivity index (χ3v) is 3.33. The molecule has 1 unspecified atom stereocenters. The Bertz CT molecular complexity index is 528. The Morgan fingerprint density at radius 1 is 1.44 bits per heavy atom. The largest absolute Gasteiger partial charge is 0.376 e. The number of Topliss-reactive ketones (excluding diaryl/α,β-unsaturated/α-hetero) is 1. The van der Waals surface area contributed by atoms with Gasteiger partial charge in [-0.2, -0.15) is 5.26 Å². The molecule has 1 aromatic rings. The number of nitriles is 1. The van der Waals surface area contributed by atoms with Gasteiger partial charge in [-0.1, -0.05) is 17.7 Å². The first-order valence-electron chi connectivity index (χ1n) is 5.74. The Morgan fingerprint density at radius 3 is 2.61 bits per heavy atom. The van der Waals surface area contributed by atoms with E-state index in [2.05, 4.69) is 6.07 Å². The van der Waals surface area contributed by atoms with Crippen LogP contribution in [0, 0.1) is 17.2 Å². The Balaban J connectivity index is 2.26. The lowest BCUT2D eigenvalue weighted by Crippen LogP contribution is -2.24. The SMILES string of the molecule is CN1CCC=C1C(C#N)C(=O)c1ccc(Cl)cc1. The van der Waals surface area contributed by atoms with Gasteiger partial charge in [0.1, 0.15) is 5.92 Å². The molecule has 3 nitrogen and oxygen atoms in total. The summed E-state index contributed by atoms with van der Waals surface area (Å²) in [5, 5.41) is 9.81. The molecule has 0 aliphatic carbocycles. The second-order valence-electron chi connectivity index (χ2n) is 4.27. The number of allylic oxidation sites excluding steroid dienone is 1. The summed E-state index contributed by atoms with van der Waals surface area (Å²) in [6, 6.07) is 8.73. The fraction of sp³-hybridized carbons (Fsp3) is 0.286. The van der Waals surface area contributed by atoms with E-state index in [1.54, 1.807) is 24.3 Å². The van der Waals surface area contributed by atoms with Gasteiger partial charge in [-0.05, 0) is 30.7 Å². The van der Waals surface area contributed by atoms with Crippen LogP contribution in [0.15, 0.2) is 36.0 Å². The zero-order valence-corrected chi connectivity index (χ0v) is 10.8. The first-order chi connectivity index (χ1) is 8.63. The minimum Gasteiger partial charge on any atom is -0.376 e. The molecule has 0 spiro atoms. The number of benzene rings is 1. The van der Waals surface area contributed by atoms with Crippen LogP contribution in [0.25, 0.3) is 0 Å². The lowest BCUT2D eigenvalue weighted by molar-refractivity contribution is 0.0953. The fourth-order valence-electron chi connectivity index (χ4n) is 2.07. The average molecular weight is 261 g/mol. The number of halogens is 1. The highest BCUT2D eigenvalue weighted by atomic mass is 35.5. The number of ketones is 1. The topological polar surface area (TPSA) is 44.1 Å². The van der Waals surface area contributed by atoms with Gasteiger partial charge in [0.2, 0.25) is 0 Å². The Morgan fingerprint density at radius 2 is 2.11 bits per heavy atom. The lowest BCUT2D eigenvalue weighted by Gasteiger charge is -2.19. The van der Waals surface area contributed by atoms with Gasteiger partial charge in [0, 0.05) is 29.9 Å². The van der Waals surface area contributed by atoms with Crippen LogP contribution in [0.1, 0.15) is 16.8 Å². The van der Waals surface area contributed by atoms with Gasteiger partial charge in [0.15, 0.2) is 5.78 Å². The minimum absolute atomic E-state index is 0.172. The van der Waals surface area contributed by atoms with Crippen LogP contribution in [0.5, 0.6) is 0 Å². The number of carbonyl (C=O) groups is 1. The van der Waals surface area contributed by atoms with Crippen LogP contribution >= 0.6 is 11.6 Å². The zero-order valence-electron chi connectivity index (χ0n) is 10.1. The molecule has 4 heteroatoms. The van der Waals surface area contributed by atoms with Gasteiger partial charge in [-0.3, -0.25) is 4.79 Å². The van der Waals surface area contributed by atoms with Crippen molar-refractivity contribution < 1.29 is 4.79 Å². The first-order valence-corrected chi connectivity index (χ1v) is 6.12. The van der Waals surface area contributed by atoms with Crippen molar-refractivity contribution in [2.75, 3.05) is 13.6 Å². The minimum atomic E-state index is -0.723. The molecule has 18 heavy (non-hydrogen) atoms. The molecule has 0 N–H and O–H groups in total.